The molecule has 2 aromatic carbocycles. The molecule has 0 saturated heterocycles. The van der Waals surface area contributed by atoms with Crippen LogP contribution in [0, 0.1) is 0 Å². The highest BCUT2D eigenvalue weighted by molar-refractivity contribution is 5.90. The van der Waals surface area contributed by atoms with Gasteiger partial charge in [0.05, 0.1) is 6.42 Å². The van der Waals surface area contributed by atoms with Gasteiger partial charge < -0.3 is 20.3 Å². The average Bonchev–Trinajstić information content (AvgIpc) is 2.60. The smallest absolute Gasteiger partial charge is 0.408 e. The molecule has 1 atom stereocenters. The van der Waals surface area contributed by atoms with Crippen molar-refractivity contribution in [3.05, 3.63) is 71.8 Å². The fourth-order valence-corrected chi connectivity index (χ4v) is 2.35. The monoisotopic (exact) mass is 343 g/mol. The Balaban J connectivity index is 2.21. The van der Waals surface area contributed by atoms with Gasteiger partial charge in [0, 0.05) is 0 Å². The molecule has 3 N–H and O–H groups in total. The molecule has 0 aromatic heterocycles. The maximum absolute atomic E-state index is 12.1. The topological polar surface area (TPSA) is 113 Å². The number of alkyl carbamates (subject to hydrolysis) is 1. The summed E-state index contributed by atoms with van der Waals surface area (Å²) in [6.07, 6.45) is -1.84. The summed E-state index contributed by atoms with van der Waals surface area (Å²) < 4.78 is 5.03. The van der Waals surface area contributed by atoms with Crippen molar-refractivity contribution < 1.29 is 29.3 Å². The van der Waals surface area contributed by atoms with Gasteiger partial charge in [-0.25, -0.2) is 9.59 Å². The minimum atomic E-state index is -2.12. The Labute approximate surface area is 143 Å². The van der Waals surface area contributed by atoms with Crippen LogP contribution in [0.25, 0.3) is 0 Å². The Morgan fingerprint density at radius 2 is 1.48 bits per heavy atom. The number of carbonyl (C=O) groups excluding carboxylic acids is 1. The number of nitrogens with one attached hydrogen (secondary N) is 1. The normalized spacial score (nSPS) is 12.6. The minimum absolute atomic E-state index is 0.0652. The van der Waals surface area contributed by atoms with Crippen LogP contribution in [0.15, 0.2) is 60.7 Å². The second kappa shape index (κ2) is 7.96. The summed E-state index contributed by atoms with van der Waals surface area (Å²) in [6.45, 7) is -0.0652. The molecule has 1 amide bonds. The summed E-state index contributed by atoms with van der Waals surface area (Å²) in [5.74, 6) is -2.85. The average molecular weight is 343 g/mol. The Morgan fingerprint density at radius 1 is 0.920 bits per heavy atom. The van der Waals surface area contributed by atoms with Crippen LogP contribution in [0.1, 0.15) is 17.5 Å². The minimum Gasteiger partial charge on any atom is -0.481 e. The van der Waals surface area contributed by atoms with Crippen molar-refractivity contribution in [1.29, 1.82) is 0 Å². The number of carboxylic acids is 2. The van der Waals surface area contributed by atoms with Crippen molar-refractivity contribution >= 4 is 18.0 Å². The Bertz CT molecular complexity index is 747. The van der Waals surface area contributed by atoms with E-state index >= 15 is 0 Å². The second-order valence-corrected chi connectivity index (χ2v) is 5.33. The Morgan fingerprint density at radius 3 is 2.00 bits per heavy atom. The highest BCUT2D eigenvalue weighted by atomic mass is 16.5. The van der Waals surface area contributed by atoms with Crippen LogP contribution in [0.5, 0.6) is 0 Å². The molecule has 7 nitrogen and oxygen atoms in total. The number of carboxylic acid groups (broad SMARTS) is 2. The largest absolute Gasteiger partial charge is 0.481 e. The van der Waals surface area contributed by atoms with E-state index in [1.54, 1.807) is 48.5 Å². The molecular formula is C18H17NO6. The van der Waals surface area contributed by atoms with Gasteiger partial charge in [0.1, 0.15) is 6.61 Å². The summed E-state index contributed by atoms with van der Waals surface area (Å²) in [7, 11) is 0. The third-order valence-corrected chi connectivity index (χ3v) is 3.58. The lowest BCUT2D eigenvalue weighted by molar-refractivity contribution is -0.151. The van der Waals surface area contributed by atoms with Crippen LogP contribution < -0.4 is 5.32 Å². The number of ether oxygens (including phenoxy) is 1. The number of carbonyl (C=O) groups is 3. The first-order valence-corrected chi connectivity index (χ1v) is 7.43. The molecular weight excluding hydrogens is 326 g/mol. The van der Waals surface area contributed by atoms with Gasteiger partial charge in [-0.05, 0) is 11.1 Å². The quantitative estimate of drug-likeness (QED) is 0.711. The summed E-state index contributed by atoms with van der Waals surface area (Å²) in [6, 6.07) is 16.5. The van der Waals surface area contributed by atoms with Gasteiger partial charge in [0.15, 0.2) is 5.54 Å². The van der Waals surface area contributed by atoms with Gasteiger partial charge >= 0.3 is 18.0 Å². The molecule has 7 heteroatoms. The van der Waals surface area contributed by atoms with Crippen molar-refractivity contribution in [2.24, 2.45) is 0 Å². The van der Waals surface area contributed by atoms with Crippen molar-refractivity contribution in [1.82, 2.24) is 5.32 Å². The van der Waals surface area contributed by atoms with E-state index < -0.39 is 30.0 Å². The van der Waals surface area contributed by atoms with Crippen molar-refractivity contribution in [2.45, 2.75) is 18.6 Å². The lowest BCUT2D eigenvalue weighted by atomic mass is 9.86. The first-order chi connectivity index (χ1) is 11.9. The molecule has 0 aliphatic heterocycles. The molecule has 0 aliphatic rings. The molecule has 2 aromatic rings. The van der Waals surface area contributed by atoms with Gasteiger partial charge in [-0.2, -0.15) is 0 Å². The molecule has 0 aliphatic carbocycles. The van der Waals surface area contributed by atoms with Crippen molar-refractivity contribution in [3.63, 3.8) is 0 Å². The number of hydrogen-bond acceptors (Lipinski definition) is 4. The fourth-order valence-electron chi connectivity index (χ4n) is 2.35. The zero-order chi connectivity index (χ0) is 18.3. The standard InChI is InChI=1S/C18H17NO6/c20-15(21)11-18(16(22)23,14-9-5-2-6-10-14)19-17(24)25-12-13-7-3-1-4-8-13/h1-10H,11-12H2,(H,19,24)(H,20,21)(H,22,23)/t18-/m1/s1. The van der Waals surface area contributed by atoms with E-state index in [0.717, 1.165) is 5.56 Å². The number of aliphatic carboxylic acids is 2. The van der Waals surface area contributed by atoms with E-state index in [-0.39, 0.29) is 12.2 Å². The van der Waals surface area contributed by atoms with Gasteiger partial charge in [-0.3, -0.25) is 4.79 Å². The third-order valence-electron chi connectivity index (χ3n) is 3.58. The summed E-state index contributed by atoms with van der Waals surface area (Å²) in [5, 5.41) is 21.0. The maximum atomic E-state index is 12.1. The molecule has 0 heterocycles. The van der Waals surface area contributed by atoms with Gasteiger partial charge in [0.2, 0.25) is 0 Å². The van der Waals surface area contributed by atoms with Crippen LogP contribution in [-0.4, -0.2) is 28.2 Å². The number of benzene rings is 2. The second-order valence-electron chi connectivity index (χ2n) is 5.33. The summed E-state index contributed by atoms with van der Waals surface area (Å²) in [5.41, 5.74) is -1.26. The van der Waals surface area contributed by atoms with E-state index in [4.69, 9.17) is 9.84 Å². The highest BCUT2D eigenvalue weighted by Crippen LogP contribution is 2.26. The fraction of sp³-hybridized carbons (Fsp3) is 0.167. The van der Waals surface area contributed by atoms with E-state index in [9.17, 15) is 19.5 Å². The number of rotatable bonds is 7. The van der Waals surface area contributed by atoms with Gasteiger partial charge in [0.25, 0.3) is 0 Å². The Kier molecular flexibility index (Phi) is 5.73. The molecule has 0 radical (unpaired) electrons. The van der Waals surface area contributed by atoms with Crippen LogP contribution >= 0.6 is 0 Å². The maximum Gasteiger partial charge on any atom is 0.408 e. The van der Waals surface area contributed by atoms with Crippen molar-refractivity contribution in [3.8, 4) is 0 Å². The summed E-state index contributed by atoms with van der Waals surface area (Å²) in [4.78, 5) is 35.1. The lowest BCUT2D eigenvalue weighted by Crippen LogP contribution is -2.53. The number of amides is 1. The Hall–Kier alpha value is -3.35. The van der Waals surface area contributed by atoms with Crippen LogP contribution in [-0.2, 0) is 26.5 Å². The van der Waals surface area contributed by atoms with E-state index in [1.165, 1.54) is 12.1 Å². The van der Waals surface area contributed by atoms with Gasteiger partial charge in [-0.15, -0.1) is 0 Å². The first-order valence-electron chi connectivity index (χ1n) is 7.43. The molecule has 0 spiro atoms. The van der Waals surface area contributed by atoms with Gasteiger partial charge in [-0.1, -0.05) is 60.7 Å². The first kappa shape index (κ1) is 18.0. The molecule has 0 saturated carbocycles. The molecule has 0 unspecified atom stereocenters. The zero-order valence-electron chi connectivity index (χ0n) is 13.2. The molecule has 2 rings (SSSR count). The molecule has 130 valence electrons. The zero-order valence-corrected chi connectivity index (χ0v) is 13.2. The molecule has 0 fully saturated rings. The predicted molar refractivity (Wildman–Crippen MR) is 87.8 cm³/mol. The third kappa shape index (κ3) is 4.57. The summed E-state index contributed by atoms with van der Waals surface area (Å²) >= 11 is 0. The van der Waals surface area contributed by atoms with Crippen LogP contribution in [0.3, 0.4) is 0 Å². The predicted octanol–water partition coefficient (Wildman–Crippen LogP) is 2.37. The van der Waals surface area contributed by atoms with E-state index in [2.05, 4.69) is 5.32 Å². The lowest BCUT2D eigenvalue weighted by Gasteiger charge is -2.29. The molecule has 25 heavy (non-hydrogen) atoms. The van der Waals surface area contributed by atoms with E-state index in [1.807, 2.05) is 0 Å². The SMILES string of the molecule is O=C(O)C[C@](NC(=O)OCc1ccccc1)(C(=O)O)c1ccccc1. The van der Waals surface area contributed by atoms with Crippen LogP contribution in [0.2, 0.25) is 0 Å². The van der Waals surface area contributed by atoms with E-state index in [0.29, 0.717) is 0 Å². The number of hydrogen-bond donors (Lipinski definition) is 3. The van der Waals surface area contributed by atoms with Crippen LogP contribution in [0.4, 0.5) is 4.79 Å². The highest BCUT2D eigenvalue weighted by Gasteiger charge is 2.44. The molecule has 0 bridgehead atoms. The van der Waals surface area contributed by atoms with Crippen molar-refractivity contribution in [2.75, 3.05) is 0 Å².